The smallest absolute Gasteiger partial charge is 0.338 e. The highest BCUT2D eigenvalue weighted by atomic mass is 16.5. The van der Waals surface area contributed by atoms with Crippen LogP contribution in [0.5, 0.6) is 0 Å². The Labute approximate surface area is 157 Å². The van der Waals surface area contributed by atoms with Crippen molar-refractivity contribution in [3.63, 3.8) is 0 Å². The van der Waals surface area contributed by atoms with Crippen LogP contribution in [-0.4, -0.2) is 33.1 Å². The summed E-state index contributed by atoms with van der Waals surface area (Å²) in [5, 5.41) is 4.06. The Bertz CT molecular complexity index is 822. The molecule has 0 unspecified atom stereocenters. The summed E-state index contributed by atoms with van der Waals surface area (Å²) in [6.07, 6.45) is 9.95. The first-order chi connectivity index (χ1) is 13.1. The number of nitrogens with zero attached hydrogens (tertiary/aromatic N) is 3. The number of rotatable bonds is 5. The average molecular weight is 365 g/mol. The number of benzene rings is 1. The number of ether oxygens (including phenoxy) is 1. The summed E-state index contributed by atoms with van der Waals surface area (Å²) in [4.78, 5) is 29.2. The molecule has 6 heteroatoms. The summed E-state index contributed by atoms with van der Waals surface area (Å²) in [6, 6.07) is 6.95. The highest BCUT2D eigenvalue weighted by Crippen LogP contribution is 2.60. The zero-order chi connectivity index (χ0) is 18.4. The molecule has 6 nitrogen and oxygen atoms in total. The van der Waals surface area contributed by atoms with Gasteiger partial charge in [-0.1, -0.05) is 0 Å². The SMILES string of the molecule is O=C(OCC(=O)C12CC3CC(CC(C3)C1)C2)c1ccc(-n2cncn2)cc1. The van der Waals surface area contributed by atoms with Gasteiger partial charge in [0, 0.05) is 5.41 Å². The lowest BCUT2D eigenvalue weighted by molar-refractivity contribution is -0.147. The van der Waals surface area contributed by atoms with Crippen LogP contribution in [0.2, 0.25) is 0 Å². The fraction of sp³-hybridized carbons (Fsp3) is 0.524. The Morgan fingerprint density at radius 2 is 1.67 bits per heavy atom. The number of aromatic nitrogens is 3. The maximum atomic E-state index is 12.9. The van der Waals surface area contributed by atoms with Crippen LogP contribution < -0.4 is 0 Å². The molecule has 6 rings (SSSR count). The minimum absolute atomic E-state index is 0.101. The molecule has 4 aliphatic rings. The predicted octanol–water partition coefficient (Wildman–Crippen LogP) is 3.21. The van der Waals surface area contributed by atoms with Gasteiger partial charge in [0.15, 0.2) is 12.4 Å². The quantitative estimate of drug-likeness (QED) is 0.761. The molecule has 0 N–H and O–H groups in total. The molecule has 4 fully saturated rings. The van der Waals surface area contributed by atoms with Gasteiger partial charge in [0.05, 0.1) is 11.3 Å². The summed E-state index contributed by atoms with van der Waals surface area (Å²) in [6.45, 7) is -0.101. The fourth-order valence-electron chi connectivity index (χ4n) is 5.91. The van der Waals surface area contributed by atoms with Crippen LogP contribution in [0.15, 0.2) is 36.9 Å². The van der Waals surface area contributed by atoms with Crippen molar-refractivity contribution < 1.29 is 14.3 Å². The molecule has 4 aliphatic carbocycles. The van der Waals surface area contributed by atoms with Crippen LogP contribution in [-0.2, 0) is 9.53 Å². The molecular formula is C21H23N3O3. The third-order valence-electron chi connectivity index (χ3n) is 6.75. The van der Waals surface area contributed by atoms with E-state index in [1.54, 1.807) is 35.3 Å². The first-order valence-corrected chi connectivity index (χ1v) is 9.77. The van der Waals surface area contributed by atoms with Crippen molar-refractivity contribution in [3.8, 4) is 5.69 Å². The van der Waals surface area contributed by atoms with Crippen molar-refractivity contribution in [2.45, 2.75) is 38.5 Å². The average Bonchev–Trinajstić information content (AvgIpc) is 3.19. The lowest BCUT2D eigenvalue weighted by Crippen LogP contribution is -2.51. The lowest BCUT2D eigenvalue weighted by atomic mass is 9.48. The Morgan fingerprint density at radius 3 is 2.22 bits per heavy atom. The number of hydrogen-bond acceptors (Lipinski definition) is 5. The van der Waals surface area contributed by atoms with Gasteiger partial charge in [-0.05, 0) is 80.5 Å². The van der Waals surface area contributed by atoms with Gasteiger partial charge in [-0.25, -0.2) is 14.5 Å². The van der Waals surface area contributed by atoms with E-state index in [0.29, 0.717) is 23.3 Å². The van der Waals surface area contributed by atoms with Gasteiger partial charge in [0.2, 0.25) is 0 Å². The van der Waals surface area contributed by atoms with Gasteiger partial charge in [0.25, 0.3) is 0 Å². The number of carbonyl (C=O) groups excluding carboxylic acids is 2. The molecule has 0 saturated heterocycles. The van der Waals surface area contributed by atoms with E-state index in [4.69, 9.17) is 4.74 Å². The van der Waals surface area contributed by atoms with Crippen molar-refractivity contribution in [2.75, 3.05) is 6.61 Å². The third-order valence-corrected chi connectivity index (χ3v) is 6.75. The van der Waals surface area contributed by atoms with Crippen molar-refractivity contribution in [1.82, 2.24) is 14.8 Å². The van der Waals surface area contributed by atoms with Gasteiger partial charge < -0.3 is 4.74 Å². The van der Waals surface area contributed by atoms with Crippen LogP contribution in [0.4, 0.5) is 0 Å². The van der Waals surface area contributed by atoms with E-state index in [0.717, 1.165) is 24.9 Å². The van der Waals surface area contributed by atoms with E-state index in [1.165, 1.54) is 25.6 Å². The predicted molar refractivity (Wildman–Crippen MR) is 97.3 cm³/mol. The van der Waals surface area contributed by atoms with E-state index in [1.807, 2.05) is 0 Å². The summed E-state index contributed by atoms with van der Waals surface area (Å²) < 4.78 is 7.00. The second-order valence-electron chi connectivity index (χ2n) is 8.58. The second-order valence-corrected chi connectivity index (χ2v) is 8.58. The van der Waals surface area contributed by atoms with Gasteiger partial charge >= 0.3 is 5.97 Å². The monoisotopic (exact) mass is 365 g/mol. The maximum Gasteiger partial charge on any atom is 0.338 e. The molecule has 1 heterocycles. The van der Waals surface area contributed by atoms with Crippen molar-refractivity contribution in [2.24, 2.45) is 23.2 Å². The molecule has 0 atom stereocenters. The molecule has 1 aromatic heterocycles. The number of esters is 1. The topological polar surface area (TPSA) is 74.1 Å². The van der Waals surface area contributed by atoms with Crippen LogP contribution >= 0.6 is 0 Å². The molecule has 0 spiro atoms. The van der Waals surface area contributed by atoms with Gasteiger partial charge in [-0.3, -0.25) is 4.79 Å². The van der Waals surface area contributed by atoms with Crippen LogP contribution in [0.1, 0.15) is 48.9 Å². The van der Waals surface area contributed by atoms with Crippen LogP contribution in [0.25, 0.3) is 5.69 Å². The number of Topliss-reactive ketones (excluding diaryl/α,β-unsaturated/α-hetero) is 1. The molecule has 27 heavy (non-hydrogen) atoms. The van der Waals surface area contributed by atoms with Crippen LogP contribution in [0.3, 0.4) is 0 Å². The Hall–Kier alpha value is -2.50. The molecule has 0 radical (unpaired) electrons. The molecule has 4 bridgehead atoms. The molecular weight excluding hydrogens is 342 g/mol. The molecule has 2 aromatic rings. The molecule has 4 saturated carbocycles. The van der Waals surface area contributed by atoms with Gasteiger partial charge in [0.1, 0.15) is 12.7 Å². The summed E-state index contributed by atoms with van der Waals surface area (Å²) in [5.41, 5.74) is 1.04. The maximum absolute atomic E-state index is 12.9. The van der Waals surface area contributed by atoms with Crippen LogP contribution in [0, 0.1) is 23.2 Å². The van der Waals surface area contributed by atoms with E-state index in [9.17, 15) is 9.59 Å². The molecule has 140 valence electrons. The zero-order valence-corrected chi connectivity index (χ0v) is 15.2. The number of hydrogen-bond donors (Lipinski definition) is 0. The minimum atomic E-state index is -0.446. The van der Waals surface area contributed by atoms with E-state index in [2.05, 4.69) is 10.1 Å². The number of ketones is 1. The Kier molecular flexibility index (Phi) is 3.88. The Morgan fingerprint density at radius 1 is 1.04 bits per heavy atom. The van der Waals surface area contributed by atoms with Crippen molar-refractivity contribution >= 4 is 11.8 Å². The van der Waals surface area contributed by atoms with Crippen molar-refractivity contribution in [3.05, 3.63) is 42.5 Å². The normalized spacial score (nSPS) is 31.0. The lowest BCUT2D eigenvalue weighted by Gasteiger charge is -2.55. The van der Waals surface area contributed by atoms with E-state index < -0.39 is 5.97 Å². The Balaban J connectivity index is 1.22. The van der Waals surface area contributed by atoms with Gasteiger partial charge in [-0.2, -0.15) is 5.10 Å². The highest BCUT2D eigenvalue weighted by Gasteiger charge is 2.54. The third kappa shape index (κ3) is 2.97. The molecule has 0 amide bonds. The first-order valence-electron chi connectivity index (χ1n) is 9.77. The zero-order valence-electron chi connectivity index (χ0n) is 15.2. The largest absolute Gasteiger partial charge is 0.454 e. The van der Waals surface area contributed by atoms with E-state index in [-0.39, 0.29) is 17.8 Å². The molecule has 0 aliphatic heterocycles. The van der Waals surface area contributed by atoms with Gasteiger partial charge in [-0.15, -0.1) is 0 Å². The second kappa shape index (κ2) is 6.29. The first kappa shape index (κ1) is 16.7. The summed E-state index contributed by atoms with van der Waals surface area (Å²) >= 11 is 0. The fourth-order valence-corrected chi connectivity index (χ4v) is 5.91. The molecule has 1 aromatic carbocycles. The highest BCUT2D eigenvalue weighted by molar-refractivity contribution is 5.93. The standard InChI is InChI=1S/C21H23N3O3/c25-19(21-8-14-5-15(9-21)7-16(6-14)10-21)11-27-20(26)17-1-3-18(4-2-17)24-13-22-12-23-24/h1-4,12-16H,5-11H2. The van der Waals surface area contributed by atoms with E-state index >= 15 is 0 Å². The number of carbonyl (C=O) groups is 2. The minimum Gasteiger partial charge on any atom is -0.454 e. The summed E-state index contributed by atoms with van der Waals surface area (Å²) in [7, 11) is 0. The summed E-state index contributed by atoms with van der Waals surface area (Å²) in [5.74, 6) is 1.81. The van der Waals surface area contributed by atoms with Crippen molar-refractivity contribution in [1.29, 1.82) is 0 Å².